The van der Waals surface area contributed by atoms with E-state index in [9.17, 15) is 14.7 Å². The zero-order chi connectivity index (χ0) is 18.0. The molecule has 1 saturated heterocycles. The molecular formula is C21H33NO3. The van der Waals surface area contributed by atoms with Gasteiger partial charge in [-0.15, -0.1) is 0 Å². The van der Waals surface area contributed by atoms with Crippen LogP contribution >= 0.6 is 0 Å². The Morgan fingerprint density at radius 3 is 2.52 bits per heavy atom. The molecule has 0 spiro atoms. The fourth-order valence-electron chi connectivity index (χ4n) is 7.74. The van der Waals surface area contributed by atoms with Gasteiger partial charge in [-0.3, -0.25) is 9.59 Å². The molecule has 25 heavy (non-hydrogen) atoms. The lowest BCUT2D eigenvalue weighted by atomic mass is 9.46. The minimum atomic E-state index is -0.625. The van der Waals surface area contributed by atoms with Crippen LogP contribution in [-0.2, 0) is 9.59 Å². The monoisotopic (exact) mass is 347 g/mol. The van der Waals surface area contributed by atoms with Crippen LogP contribution in [-0.4, -0.2) is 23.0 Å². The number of nitrogens with one attached hydrogen (secondary N) is 1. The summed E-state index contributed by atoms with van der Waals surface area (Å²) in [5.41, 5.74) is 0.439. The second-order valence-electron chi connectivity index (χ2n) is 9.94. The molecule has 0 aromatic carbocycles. The number of fused-ring (bicyclic) bond motifs is 5. The largest absolute Gasteiger partial charge is 0.481 e. The summed E-state index contributed by atoms with van der Waals surface area (Å²) in [6.45, 7) is 6.73. The van der Waals surface area contributed by atoms with Gasteiger partial charge in [0.1, 0.15) is 0 Å². The van der Waals surface area contributed by atoms with Crippen LogP contribution in [0.3, 0.4) is 0 Å². The predicted octanol–water partition coefficient (Wildman–Crippen LogP) is 3.84. The Bertz CT molecular complexity index is 590. The van der Waals surface area contributed by atoms with Crippen molar-refractivity contribution in [2.75, 3.05) is 0 Å². The van der Waals surface area contributed by atoms with Gasteiger partial charge in [0.2, 0.25) is 5.91 Å². The second-order valence-corrected chi connectivity index (χ2v) is 9.94. The van der Waals surface area contributed by atoms with E-state index in [2.05, 4.69) is 19.2 Å². The number of carboxylic acids is 1. The molecular weight excluding hydrogens is 314 g/mol. The van der Waals surface area contributed by atoms with Gasteiger partial charge in [0.15, 0.2) is 0 Å². The van der Waals surface area contributed by atoms with E-state index in [0.29, 0.717) is 30.2 Å². The Labute approximate surface area is 151 Å². The third-order valence-electron chi connectivity index (χ3n) is 9.16. The van der Waals surface area contributed by atoms with Crippen molar-refractivity contribution in [1.29, 1.82) is 0 Å². The number of aliphatic carboxylic acids is 1. The maximum Gasteiger partial charge on any atom is 0.306 e. The number of carbonyl (C=O) groups is 2. The van der Waals surface area contributed by atoms with E-state index >= 15 is 0 Å². The van der Waals surface area contributed by atoms with Crippen molar-refractivity contribution in [3.8, 4) is 0 Å². The second kappa shape index (κ2) is 5.72. The van der Waals surface area contributed by atoms with Gasteiger partial charge in [0.05, 0.1) is 5.92 Å². The summed E-state index contributed by atoms with van der Waals surface area (Å²) in [6, 6.07) is 0.356. The Morgan fingerprint density at radius 1 is 1.08 bits per heavy atom. The van der Waals surface area contributed by atoms with Crippen molar-refractivity contribution in [1.82, 2.24) is 5.32 Å². The van der Waals surface area contributed by atoms with Gasteiger partial charge in [0.25, 0.3) is 0 Å². The molecule has 1 heterocycles. The summed E-state index contributed by atoms with van der Waals surface area (Å²) in [5.74, 6) is 1.80. The highest BCUT2D eigenvalue weighted by Gasteiger charge is 2.61. The Balaban J connectivity index is 1.60. The molecule has 4 heteroatoms. The lowest BCUT2D eigenvalue weighted by molar-refractivity contribution is -0.148. The molecule has 2 N–H and O–H groups in total. The van der Waals surface area contributed by atoms with E-state index < -0.39 is 5.97 Å². The first kappa shape index (κ1) is 17.4. The molecule has 4 nitrogen and oxygen atoms in total. The number of carbonyl (C=O) groups excluding carboxylic acids is 1. The highest BCUT2D eigenvalue weighted by molar-refractivity contribution is 5.77. The number of piperidine rings is 1. The highest BCUT2D eigenvalue weighted by Crippen LogP contribution is 2.66. The fourth-order valence-corrected chi connectivity index (χ4v) is 7.74. The SMILES string of the molecule is CC(C(=O)O)C1CCC2C3CCC4NC(=O)CCC4(C)C3CCC12C. The smallest absolute Gasteiger partial charge is 0.306 e. The van der Waals surface area contributed by atoms with Crippen LogP contribution in [0, 0.1) is 40.4 Å². The van der Waals surface area contributed by atoms with Gasteiger partial charge in [0, 0.05) is 12.5 Å². The molecule has 4 fully saturated rings. The van der Waals surface area contributed by atoms with Crippen LogP contribution in [0.2, 0.25) is 0 Å². The summed E-state index contributed by atoms with van der Waals surface area (Å²) >= 11 is 0. The van der Waals surface area contributed by atoms with Crippen LogP contribution < -0.4 is 5.32 Å². The summed E-state index contributed by atoms with van der Waals surface area (Å²) in [6.07, 6.45) is 8.68. The van der Waals surface area contributed by atoms with Crippen LogP contribution in [0.1, 0.15) is 72.1 Å². The average Bonchev–Trinajstić information content (AvgIpc) is 2.92. The predicted molar refractivity (Wildman–Crippen MR) is 95.8 cm³/mol. The van der Waals surface area contributed by atoms with E-state index in [-0.39, 0.29) is 22.7 Å². The van der Waals surface area contributed by atoms with Gasteiger partial charge in [-0.2, -0.15) is 0 Å². The number of hydrogen-bond donors (Lipinski definition) is 2. The molecule has 8 atom stereocenters. The Morgan fingerprint density at radius 2 is 1.80 bits per heavy atom. The molecule has 4 aliphatic rings. The minimum absolute atomic E-state index is 0.195. The first-order chi connectivity index (χ1) is 11.8. The molecule has 0 bridgehead atoms. The molecule has 8 unspecified atom stereocenters. The van der Waals surface area contributed by atoms with Crippen molar-refractivity contribution in [2.24, 2.45) is 40.4 Å². The van der Waals surface area contributed by atoms with Crippen molar-refractivity contribution < 1.29 is 14.7 Å². The zero-order valence-electron chi connectivity index (χ0n) is 15.9. The standard InChI is InChI=1S/C21H33NO3/c1-12(19(24)25)14-5-6-15-13-4-7-17-21(3,11-9-18(23)22-17)16(13)8-10-20(14,15)2/h12-17H,4-11H2,1-3H3,(H,22,23)(H,24,25). The van der Waals surface area contributed by atoms with Crippen molar-refractivity contribution >= 4 is 11.9 Å². The molecule has 0 radical (unpaired) electrons. The van der Waals surface area contributed by atoms with Crippen molar-refractivity contribution in [3.63, 3.8) is 0 Å². The summed E-state index contributed by atoms with van der Waals surface area (Å²) in [7, 11) is 0. The highest BCUT2D eigenvalue weighted by atomic mass is 16.4. The summed E-state index contributed by atoms with van der Waals surface area (Å²) in [4.78, 5) is 23.5. The first-order valence-corrected chi connectivity index (χ1v) is 10.3. The van der Waals surface area contributed by atoms with Crippen molar-refractivity contribution in [3.05, 3.63) is 0 Å². The van der Waals surface area contributed by atoms with Crippen LogP contribution in [0.5, 0.6) is 0 Å². The van der Waals surface area contributed by atoms with E-state index in [1.165, 1.54) is 19.3 Å². The molecule has 3 saturated carbocycles. The molecule has 4 rings (SSSR count). The normalized spacial score (nSPS) is 50.2. The molecule has 1 amide bonds. The Hall–Kier alpha value is -1.06. The lowest BCUT2D eigenvalue weighted by Gasteiger charge is -2.60. The summed E-state index contributed by atoms with van der Waals surface area (Å²) < 4.78 is 0. The zero-order valence-corrected chi connectivity index (χ0v) is 15.9. The van der Waals surface area contributed by atoms with Gasteiger partial charge < -0.3 is 10.4 Å². The van der Waals surface area contributed by atoms with E-state index in [0.717, 1.165) is 31.6 Å². The van der Waals surface area contributed by atoms with Gasteiger partial charge in [-0.05, 0) is 79.4 Å². The molecule has 3 aliphatic carbocycles. The van der Waals surface area contributed by atoms with Gasteiger partial charge in [-0.1, -0.05) is 20.8 Å². The maximum atomic E-state index is 11.9. The van der Waals surface area contributed by atoms with Crippen LogP contribution in [0.15, 0.2) is 0 Å². The molecule has 140 valence electrons. The van der Waals surface area contributed by atoms with E-state index in [1.54, 1.807) is 0 Å². The van der Waals surface area contributed by atoms with Crippen molar-refractivity contribution in [2.45, 2.75) is 78.2 Å². The molecule has 1 aliphatic heterocycles. The third kappa shape index (κ3) is 2.39. The molecule has 0 aromatic heterocycles. The number of carboxylic acid groups (broad SMARTS) is 1. The number of amides is 1. The topological polar surface area (TPSA) is 66.4 Å². The summed E-state index contributed by atoms with van der Waals surface area (Å²) in [5, 5.41) is 12.8. The Kier molecular flexibility index (Phi) is 3.97. The van der Waals surface area contributed by atoms with E-state index in [1.807, 2.05) is 6.92 Å². The lowest BCUT2D eigenvalue weighted by Crippen LogP contribution is -2.61. The quantitative estimate of drug-likeness (QED) is 0.797. The number of hydrogen-bond acceptors (Lipinski definition) is 2. The van der Waals surface area contributed by atoms with Gasteiger partial charge in [-0.25, -0.2) is 0 Å². The molecule has 0 aromatic rings. The van der Waals surface area contributed by atoms with Crippen LogP contribution in [0.25, 0.3) is 0 Å². The van der Waals surface area contributed by atoms with E-state index in [4.69, 9.17) is 0 Å². The van der Waals surface area contributed by atoms with Crippen LogP contribution in [0.4, 0.5) is 0 Å². The average molecular weight is 347 g/mol. The maximum absolute atomic E-state index is 11.9. The van der Waals surface area contributed by atoms with Gasteiger partial charge >= 0.3 is 5.97 Å². The first-order valence-electron chi connectivity index (χ1n) is 10.3. The third-order valence-corrected chi connectivity index (χ3v) is 9.16. The minimum Gasteiger partial charge on any atom is -0.481 e. The fraction of sp³-hybridized carbons (Fsp3) is 0.905. The number of rotatable bonds is 2.